The molecule has 0 bridgehead atoms. The third-order valence-corrected chi connectivity index (χ3v) is 5.97. The average molecular weight is 451 g/mol. The van der Waals surface area contributed by atoms with Crippen molar-refractivity contribution in [3.05, 3.63) is 91.0 Å². The van der Waals surface area contributed by atoms with Gasteiger partial charge in [-0.05, 0) is 49.6 Å². The van der Waals surface area contributed by atoms with E-state index in [9.17, 15) is 4.79 Å². The summed E-state index contributed by atoms with van der Waals surface area (Å²) in [5.74, 6) is 3.66. The van der Waals surface area contributed by atoms with E-state index in [4.69, 9.17) is 9.72 Å². The predicted molar refractivity (Wildman–Crippen MR) is 138 cm³/mol. The first-order valence-electron chi connectivity index (χ1n) is 11.9. The maximum absolute atomic E-state index is 10.4. The number of carbonyl (C=O) groups excluding carboxylic acids is 1. The van der Waals surface area contributed by atoms with Gasteiger partial charge < -0.3 is 9.30 Å². The molecule has 0 unspecified atom stereocenters. The zero-order chi connectivity index (χ0) is 23.6. The number of allylic oxidation sites excluding steroid dienone is 1. The van der Waals surface area contributed by atoms with Crippen molar-refractivity contribution in [1.82, 2.24) is 9.55 Å². The highest BCUT2D eigenvalue weighted by molar-refractivity contribution is 5.82. The molecule has 0 radical (unpaired) electrons. The van der Waals surface area contributed by atoms with Gasteiger partial charge in [-0.2, -0.15) is 0 Å². The standard InChI is InChI=1S/C30H30N2O2/c1-34-27-20-18-26(19-21-27)30-31-28(24-14-8-6-9-15-24)29(25-16-10-7-11-17-25)32(30)22-12-4-2-3-5-13-23-33/h6-11,13-21H,2-5,12,22H2,1H3. The van der Waals surface area contributed by atoms with Gasteiger partial charge in [0.1, 0.15) is 17.5 Å². The van der Waals surface area contributed by atoms with Crippen LogP contribution in [0.2, 0.25) is 0 Å². The summed E-state index contributed by atoms with van der Waals surface area (Å²) < 4.78 is 7.73. The third kappa shape index (κ3) is 5.54. The van der Waals surface area contributed by atoms with E-state index >= 15 is 0 Å². The fourth-order valence-corrected chi connectivity index (χ4v) is 4.25. The van der Waals surface area contributed by atoms with Crippen molar-refractivity contribution in [2.45, 2.75) is 38.6 Å². The largest absolute Gasteiger partial charge is 0.497 e. The first kappa shape index (κ1) is 23.3. The molecule has 0 saturated heterocycles. The number of imidazole rings is 1. The molecule has 3 aromatic carbocycles. The molecule has 1 aromatic heterocycles. The second-order valence-electron chi connectivity index (χ2n) is 8.27. The number of nitrogens with zero attached hydrogens (tertiary/aromatic N) is 2. The van der Waals surface area contributed by atoms with E-state index in [1.54, 1.807) is 13.2 Å². The molecule has 4 nitrogen and oxygen atoms in total. The Hall–Kier alpha value is -3.88. The van der Waals surface area contributed by atoms with Crippen LogP contribution in [0.5, 0.6) is 5.75 Å². The number of methoxy groups -OCH3 is 1. The number of unbranched alkanes of at least 4 members (excludes halogenated alkanes) is 4. The molecule has 0 atom stereocenters. The quantitative estimate of drug-likeness (QED) is 0.179. The minimum absolute atomic E-state index is 0.805. The van der Waals surface area contributed by atoms with Crippen LogP contribution in [0, 0.1) is 0 Å². The smallest absolute Gasteiger partial charge is 0.141 e. The number of aromatic nitrogens is 2. The molecule has 172 valence electrons. The van der Waals surface area contributed by atoms with Gasteiger partial charge in [-0.15, -0.1) is 0 Å². The van der Waals surface area contributed by atoms with E-state index in [1.807, 2.05) is 30.2 Å². The Morgan fingerprint density at radius 1 is 0.794 bits per heavy atom. The maximum atomic E-state index is 10.4. The highest BCUT2D eigenvalue weighted by atomic mass is 16.5. The van der Waals surface area contributed by atoms with Gasteiger partial charge >= 0.3 is 0 Å². The van der Waals surface area contributed by atoms with Crippen molar-refractivity contribution >= 4 is 5.94 Å². The van der Waals surface area contributed by atoms with Crippen LogP contribution < -0.4 is 4.74 Å². The molecule has 0 amide bonds. The Kier molecular flexibility index (Phi) is 8.10. The van der Waals surface area contributed by atoms with Gasteiger partial charge in [0, 0.05) is 23.2 Å². The molecule has 0 fully saturated rings. The van der Waals surface area contributed by atoms with Crippen molar-refractivity contribution in [1.29, 1.82) is 0 Å². The highest BCUT2D eigenvalue weighted by Gasteiger charge is 2.20. The molecule has 0 saturated carbocycles. The maximum Gasteiger partial charge on any atom is 0.141 e. The molecular weight excluding hydrogens is 420 g/mol. The molecule has 0 N–H and O–H groups in total. The molecule has 4 aromatic rings. The van der Waals surface area contributed by atoms with Gasteiger partial charge in [0.25, 0.3) is 0 Å². The van der Waals surface area contributed by atoms with Crippen molar-refractivity contribution in [2.75, 3.05) is 7.11 Å². The first-order valence-corrected chi connectivity index (χ1v) is 11.9. The lowest BCUT2D eigenvalue weighted by molar-refractivity contribution is 0.415. The second kappa shape index (κ2) is 11.8. The summed E-state index contributed by atoms with van der Waals surface area (Å²) in [5.41, 5.74) is 5.46. The van der Waals surface area contributed by atoms with Crippen LogP contribution in [0.1, 0.15) is 32.1 Å². The predicted octanol–water partition coefficient (Wildman–Crippen LogP) is 7.23. The Labute approximate surface area is 201 Å². The van der Waals surface area contributed by atoms with Crippen LogP contribution in [-0.2, 0) is 11.3 Å². The van der Waals surface area contributed by atoms with Crippen molar-refractivity contribution < 1.29 is 9.53 Å². The van der Waals surface area contributed by atoms with E-state index in [2.05, 4.69) is 65.2 Å². The van der Waals surface area contributed by atoms with Crippen LogP contribution in [0.3, 0.4) is 0 Å². The van der Waals surface area contributed by atoms with Crippen LogP contribution in [0.15, 0.2) is 91.0 Å². The van der Waals surface area contributed by atoms with Gasteiger partial charge in [-0.25, -0.2) is 9.78 Å². The van der Waals surface area contributed by atoms with Crippen molar-refractivity contribution in [3.63, 3.8) is 0 Å². The van der Waals surface area contributed by atoms with Crippen LogP contribution in [0.4, 0.5) is 0 Å². The summed E-state index contributed by atoms with van der Waals surface area (Å²) >= 11 is 0. The number of hydrogen-bond donors (Lipinski definition) is 0. The van der Waals surface area contributed by atoms with Crippen LogP contribution in [0.25, 0.3) is 33.9 Å². The van der Waals surface area contributed by atoms with E-state index in [-0.39, 0.29) is 0 Å². The number of ether oxygens (including phenoxy) is 1. The monoisotopic (exact) mass is 450 g/mol. The van der Waals surface area contributed by atoms with Gasteiger partial charge in [0.2, 0.25) is 0 Å². The normalized spacial score (nSPS) is 10.6. The molecule has 0 aliphatic rings. The topological polar surface area (TPSA) is 44.1 Å². The van der Waals surface area contributed by atoms with E-state index in [0.29, 0.717) is 0 Å². The average Bonchev–Trinajstić information content (AvgIpc) is 3.28. The summed E-state index contributed by atoms with van der Waals surface area (Å²) in [5, 5.41) is 0. The summed E-state index contributed by atoms with van der Waals surface area (Å²) in [4.78, 5) is 15.6. The molecular formula is C30H30N2O2. The molecule has 1 heterocycles. The molecule has 4 rings (SSSR count). The second-order valence-corrected chi connectivity index (χ2v) is 8.27. The van der Waals surface area contributed by atoms with Gasteiger partial charge in [0.05, 0.1) is 18.5 Å². The molecule has 0 aliphatic heterocycles. The summed E-state index contributed by atoms with van der Waals surface area (Å²) in [6.45, 7) is 0.870. The Morgan fingerprint density at radius 3 is 2.09 bits per heavy atom. The SMILES string of the molecule is COc1ccc(-c2nc(-c3ccccc3)c(-c3ccccc3)n2CCCCCCC=C=O)cc1. The Morgan fingerprint density at radius 2 is 1.44 bits per heavy atom. The molecule has 34 heavy (non-hydrogen) atoms. The number of rotatable bonds is 11. The van der Waals surface area contributed by atoms with Crippen molar-refractivity contribution in [2.24, 2.45) is 0 Å². The molecule has 4 heteroatoms. The van der Waals surface area contributed by atoms with Crippen molar-refractivity contribution in [3.8, 4) is 39.7 Å². The van der Waals surface area contributed by atoms with Gasteiger partial charge in [-0.1, -0.05) is 73.5 Å². The summed E-state index contributed by atoms with van der Waals surface area (Å²) in [6.07, 6.45) is 6.64. The molecule has 0 spiro atoms. The zero-order valence-electron chi connectivity index (χ0n) is 19.6. The van der Waals surface area contributed by atoms with Crippen LogP contribution >= 0.6 is 0 Å². The lowest BCUT2D eigenvalue weighted by Crippen LogP contribution is -2.03. The van der Waals surface area contributed by atoms with E-state index in [0.717, 1.165) is 78.3 Å². The fraction of sp³-hybridized carbons (Fsp3) is 0.233. The first-order chi connectivity index (χ1) is 16.8. The lowest BCUT2D eigenvalue weighted by atomic mass is 10.0. The fourth-order valence-electron chi connectivity index (χ4n) is 4.25. The minimum atomic E-state index is 0.805. The number of benzene rings is 3. The van der Waals surface area contributed by atoms with Crippen LogP contribution in [-0.4, -0.2) is 22.6 Å². The Bertz CT molecular complexity index is 1220. The van der Waals surface area contributed by atoms with Gasteiger partial charge in [-0.3, -0.25) is 0 Å². The molecule has 0 aliphatic carbocycles. The minimum Gasteiger partial charge on any atom is -0.497 e. The third-order valence-electron chi connectivity index (χ3n) is 5.97. The summed E-state index contributed by atoms with van der Waals surface area (Å²) in [7, 11) is 1.68. The lowest BCUT2D eigenvalue weighted by Gasteiger charge is -2.14. The number of hydrogen-bond acceptors (Lipinski definition) is 3. The Balaban J connectivity index is 1.76. The van der Waals surface area contributed by atoms with E-state index < -0.39 is 0 Å². The van der Waals surface area contributed by atoms with E-state index in [1.165, 1.54) is 0 Å². The zero-order valence-corrected chi connectivity index (χ0v) is 19.6. The highest BCUT2D eigenvalue weighted by Crippen LogP contribution is 2.37. The summed E-state index contributed by atoms with van der Waals surface area (Å²) in [6, 6.07) is 29.0. The van der Waals surface area contributed by atoms with Gasteiger partial charge in [0.15, 0.2) is 0 Å².